The van der Waals surface area contributed by atoms with Crippen molar-refractivity contribution in [3.63, 3.8) is 0 Å². The van der Waals surface area contributed by atoms with Crippen LogP contribution in [0.3, 0.4) is 0 Å². The first-order valence-corrected chi connectivity index (χ1v) is 9.07. The minimum absolute atomic E-state index is 0.0891. The average Bonchev–Trinajstić information content (AvgIpc) is 2.97. The van der Waals surface area contributed by atoms with E-state index < -0.39 is 5.54 Å². The summed E-state index contributed by atoms with van der Waals surface area (Å²) in [6.07, 6.45) is 7.44. The lowest BCUT2D eigenvalue weighted by Crippen LogP contribution is -2.50. The van der Waals surface area contributed by atoms with E-state index in [2.05, 4.69) is 21.9 Å². The minimum Gasteiger partial charge on any atom is -0.334 e. The first-order chi connectivity index (χ1) is 9.42. The van der Waals surface area contributed by atoms with E-state index in [0.29, 0.717) is 11.3 Å². The van der Waals surface area contributed by atoms with Crippen molar-refractivity contribution in [3.05, 3.63) is 16.1 Å². The van der Waals surface area contributed by atoms with E-state index in [4.69, 9.17) is 0 Å². The van der Waals surface area contributed by atoms with Crippen LogP contribution in [0.15, 0.2) is 6.20 Å². The SMILES string of the molecule is CS[C@H]1CCC[C@@H]1NC(=O)NC(C)(C)c1ncc(C)s1. The van der Waals surface area contributed by atoms with E-state index in [1.54, 1.807) is 11.3 Å². The highest BCUT2D eigenvalue weighted by Gasteiger charge is 2.31. The van der Waals surface area contributed by atoms with Crippen molar-refractivity contribution in [1.29, 1.82) is 0 Å². The number of amides is 2. The number of aromatic nitrogens is 1. The molecule has 1 aliphatic carbocycles. The van der Waals surface area contributed by atoms with Gasteiger partial charge in [0.15, 0.2) is 0 Å². The van der Waals surface area contributed by atoms with Gasteiger partial charge in [-0.05, 0) is 39.9 Å². The van der Waals surface area contributed by atoms with Gasteiger partial charge in [-0.2, -0.15) is 11.8 Å². The van der Waals surface area contributed by atoms with Gasteiger partial charge in [0.1, 0.15) is 5.01 Å². The fourth-order valence-electron chi connectivity index (χ4n) is 2.56. The summed E-state index contributed by atoms with van der Waals surface area (Å²) in [5.74, 6) is 0. The predicted octanol–water partition coefficient (Wildman–Crippen LogP) is 3.27. The quantitative estimate of drug-likeness (QED) is 0.897. The van der Waals surface area contributed by atoms with Gasteiger partial charge in [0.05, 0.1) is 5.54 Å². The van der Waals surface area contributed by atoms with Gasteiger partial charge < -0.3 is 10.6 Å². The van der Waals surface area contributed by atoms with Crippen molar-refractivity contribution in [2.45, 2.75) is 56.9 Å². The molecule has 1 aromatic rings. The highest BCUT2D eigenvalue weighted by molar-refractivity contribution is 7.99. The number of hydrogen-bond donors (Lipinski definition) is 2. The summed E-state index contributed by atoms with van der Waals surface area (Å²) in [6, 6.07) is 0.202. The second kappa shape index (κ2) is 6.35. The molecular weight excluding hydrogens is 290 g/mol. The number of nitrogens with zero attached hydrogens (tertiary/aromatic N) is 1. The van der Waals surface area contributed by atoms with E-state index >= 15 is 0 Å². The van der Waals surface area contributed by atoms with Crippen LogP contribution in [0.25, 0.3) is 0 Å². The number of nitrogens with one attached hydrogen (secondary N) is 2. The molecule has 1 aromatic heterocycles. The number of carbonyl (C=O) groups is 1. The van der Waals surface area contributed by atoms with Gasteiger partial charge >= 0.3 is 6.03 Å². The maximum atomic E-state index is 12.2. The van der Waals surface area contributed by atoms with E-state index in [0.717, 1.165) is 16.3 Å². The molecule has 0 bridgehead atoms. The topological polar surface area (TPSA) is 54.0 Å². The summed E-state index contributed by atoms with van der Waals surface area (Å²) in [5.41, 5.74) is -0.434. The molecule has 0 saturated heterocycles. The Kier molecular flexibility index (Phi) is 4.96. The van der Waals surface area contributed by atoms with Crippen LogP contribution in [0, 0.1) is 6.92 Å². The molecule has 1 fully saturated rings. The molecule has 0 aromatic carbocycles. The third kappa shape index (κ3) is 3.67. The van der Waals surface area contributed by atoms with Gasteiger partial charge in [-0.1, -0.05) is 6.42 Å². The maximum Gasteiger partial charge on any atom is 0.315 e. The van der Waals surface area contributed by atoms with Gasteiger partial charge in [-0.15, -0.1) is 11.3 Å². The minimum atomic E-state index is -0.434. The second-order valence-electron chi connectivity index (χ2n) is 5.81. The molecule has 4 nitrogen and oxygen atoms in total. The molecule has 2 N–H and O–H groups in total. The Bertz CT molecular complexity index is 473. The summed E-state index contributed by atoms with van der Waals surface area (Å²) in [7, 11) is 0. The lowest BCUT2D eigenvalue weighted by atomic mass is 10.1. The number of hydrogen-bond acceptors (Lipinski definition) is 4. The number of thioether (sulfide) groups is 1. The number of carbonyl (C=O) groups excluding carboxylic acids is 1. The van der Waals surface area contributed by atoms with Crippen LogP contribution in [0.1, 0.15) is 43.0 Å². The Morgan fingerprint density at radius 1 is 1.50 bits per heavy atom. The molecule has 1 heterocycles. The summed E-state index contributed by atoms with van der Waals surface area (Å²) >= 11 is 3.47. The molecule has 0 radical (unpaired) electrons. The monoisotopic (exact) mass is 313 g/mol. The second-order valence-corrected chi connectivity index (χ2v) is 8.12. The highest BCUT2D eigenvalue weighted by atomic mass is 32.2. The van der Waals surface area contributed by atoms with E-state index in [-0.39, 0.29) is 6.03 Å². The van der Waals surface area contributed by atoms with Crippen molar-refractivity contribution in [2.24, 2.45) is 0 Å². The normalized spacial score (nSPS) is 22.8. The zero-order chi connectivity index (χ0) is 14.8. The van der Waals surface area contributed by atoms with Gasteiger partial charge in [-0.3, -0.25) is 0 Å². The third-order valence-electron chi connectivity index (χ3n) is 3.65. The van der Waals surface area contributed by atoms with Crippen LogP contribution in [-0.4, -0.2) is 28.6 Å². The summed E-state index contributed by atoms with van der Waals surface area (Å²) in [5, 5.41) is 7.65. The van der Waals surface area contributed by atoms with Crippen LogP contribution in [0.4, 0.5) is 4.79 Å². The van der Waals surface area contributed by atoms with Crippen molar-refractivity contribution in [1.82, 2.24) is 15.6 Å². The molecule has 2 atom stereocenters. The molecule has 2 rings (SSSR count). The van der Waals surface area contributed by atoms with Gasteiger partial charge in [0, 0.05) is 22.4 Å². The molecule has 6 heteroatoms. The number of rotatable bonds is 4. The highest BCUT2D eigenvalue weighted by Crippen LogP contribution is 2.29. The first kappa shape index (κ1) is 15.6. The van der Waals surface area contributed by atoms with Crippen molar-refractivity contribution >= 4 is 29.1 Å². The molecule has 1 aliphatic rings. The van der Waals surface area contributed by atoms with Gasteiger partial charge in [-0.25, -0.2) is 9.78 Å². The van der Waals surface area contributed by atoms with Crippen LogP contribution >= 0.6 is 23.1 Å². The molecule has 0 unspecified atom stereocenters. The Balaban J connectivity index is 1.93. The van der Waals surface area contributed by atoms with Crippen LogP contribution in [0.2, 0.25) is 0 Å². The summed E-state index contributed by atoms with van der Waals surface area (Å²) < 4.78 is 0. The molecule has 0 aliphatic heterocycles. The predicted molar refractivity (Wildman–Crippen MR) is 86.5 cm³/mol. The Morgan fingerprint density at radius 3 is 2.85 bits per heavy atom. The Morgan fingerprint density at radius 2 is 2.25 bits per heavy atom. The number of aryl methyl sites for hydroxylation is 1. The standard InChI is InChI=1S/C14H23N3OS2/c1-9-8-15-12(20-9)14(2,3)17-13(18)16-10-6-5-7-11(10)19-4/h8,10-11H,5-7H2,1-4H3,(H2,16,17,18)/t10-,11-/m0/s1. The number of thiazole rings is 1. The smallest absolute Gasteiger partial charge is 0.315 e. The fraction of sp³-hybridized carbons (Fsp3) is 0.714. The van der Waals surface area contributed by atoms with Crippen molar-refractivity contribution < 1.29 is 4.79 Å². The Hall–Kier alpha value is -0.750. The fourth-order valence-corrected chi connectivity index (χ4v) is 4.32. The van der Waals surface area contributed by atoms with E-state index in [9.17, 15) is 4.79 Å². The zero-order valence-electron chi connectivity index (χ0n) is 12.5. The number of urea groups is 1. The van der Waals surface area contributed by atoms with Crippen LogP contribution in [-0.2, 0) is 5.54 Å². The molecule has 2 amide bonds. The van der Waals surface area contributed by atoms with Gasteiger partial charge in [0.25, 0.3) is 0 Å². The van der Waals surface area contributed by atoms with Crippen molar-refractivity contribution in [3.8, 4) is 0 Å². The van der Waals surface area contributed by atoms with Crippen LogP contribution < -0.4 is 10.6 Å². The third-order valence-corrected chi connectivity index (χ3v) is 6.06. The van der Waals surface area contributed by atoms with Gasteiger partial charge in [0.2, 0.25) is 0 Å². The first-order valence-electron chi connectivity index (χ1n) is 6.97. The van der Waals surface area contributed by atoms with E-state index in [1.165, 1.54) is 12.8 Å². The largest absolute Gasteiger partial charge is 0.334 e. The maximum absolute atomic E-state index is 12.2. The Labute approximate surface area is 129 Å². The summed E-state index contributed by atoms with van der Waals surface area (Å²) in [6.45, 7) is 6.01. The lowest BCUT2D eigenvalue weighted by Gasteiger charge is -2.26. The van der Waals surface area contributed by atoms with E-state index in [1.807, 2.05) is 38.7 Å². The summed E-state index contributed by atoms with van der Waals surface area (Å²) in [4.78, 5) is 17.7. The van der Waals surface area contributed by atoms with Crippen molar-refractivity contribution in [2.75, 3.05) is 6.26 Å². The lowest BCUT2D eigenvalue weighted by molar-refractivity contribution is 0.226. The molecule has 112 valence electrons. The molecule has 0 spiro atoms. The van der Waals surface area contributed by atoms with Crippen LogP contribution in [0.5, 0.6) is 0 Å². The zero-order valence-corrected chi connectivity index (χ0v) is 14.2. The molecular formula is C14H23N3OS2. The average molecular weight is 313 g/mol. The molecule has 1 saturated carbocycles. The molecule has 20 heavy (non-hydrogen) atoms.